The van der Waals surface area contributed by atoms with Gasteiger partial charge in [-0.3, -0.25) is 9.36 Å². The molecule has 0 aliphatic carbocycles. The Hall–Kier alpha value is -2.80. The minimum absolute atomic E-state index is 0.0123. The lowest BCUT2D eigenvalue weighted by atomic mass is 10.1. The van der Waals surface area contributed by atoms with Crippen molar-refractivity contribution < 1.29 is 9.53 Å². The number of rotatable bonds is 8. The van der Waals surface area contributed by atoms with Gasteiger partial charge in [-0.15, -0.1) is 10.2 Å². The van der Waals surface area contributed by atoms with Gasteiger partial charge in [0.15, 0.2) is 11.0 Å². The van der Waals surface area contributed by atoms with Crippen molar-refractivity contribution in [2.45, 2.75) is 32.0 Å². The Morgan fingerprint density at radius 1 is 1.10 bits per heavy atom. The van der Waals surface area contributed by atoms with Gasteiger partial charge in [0.25, 0.3) is 0 Å². The number of para-hydroxylation sites is 1. The highest BCUT2D eigenvalue weighted by molar-refractivity contribution is 7.99. The first kappa shape index (κ1) is 20.9. The molecule has 0 radical (unpaired) electrons. The lowest BCUT2D eigenvalue weighted by Gasteiger charge is -2.17. The molecule has 0 bridgehead atoms. The van der Waals surface area contributed by atoms with Gasteiger partial charge < -0.3 is 10.1 Å². The molecule has 0 aliphatic heterocycles. The summed E-state index contributed by atoms with van der Waals surface area (Å²) in [6, 6.07) is 17.7. The van der Waals surface area contributed by atoms with E-state index < -0.39 is 0 Å². The molecule has 1 aromatic heterocycles. The average molecular weight is 411 g/mol. The lowest BCUT2D eigenvalue weighted by molar-refractivity contribution is -0.119. The van der Waals surface area contributed by atoms with Gasteiger partial charge >= 0.3 is 0 Å². The van der Waals surface area contributed by atoms with Gasteiger partial charge in [-0.25, -0.2) is 0 Å². The standard InChI is InChI=1S/C22H26N4O2S/c1-15(2)16(3)23-20(27)14-29-22-25-24-21(17-9-8-12-19(13-17)28-4)26(22)18-10-6-5-7-11-18/h5-13,15-16H,14H2,1-4H3,(H,23,27)/t16-/m1/s1. The smallest absolute Gasteiger partial charge is 0.230 e. The van der Waals surface area contributed by atoms with Crippen LogP contribution in [-0.2, 0) is 4.79 Å². The molecule has 1 N–H and O–H groups in total. The molecule has 3 aromatic rings. The largest absolute Gasteiger partial charge is 0.497 e. The summed E-state index contributed by atoms with van der Waals surface area (Å²) < 4.78 is 7.32. The van der Waals surface area contributed by atoms with Gasteiger partial charge in [0, 0.05) is 17.3 Å². The molecule has 152 valence electrons. The van der Waals surface area contributed by atoms with Gasteiger partial charge in [0.1, 0.15) is 5.75 Å². The number of amides is 1. The molecular weight excluding hydrogens is 384 g/mol. The van der Waals surface area contributed by atoms with Crippen LogP contribution in [0.5, 0.6) is 5.75 Å². The van der Waals surface area contributed by atoms with Gasteiger partial charge in [-0.2, -0.15) is 0 Å². The number of hydrogen-bond acceptors (Lipinski definition) is 5. The number of benzene rings is 2. The first-order chi connectivity index (χ1) is 14.0. The van der Waals surface area contributed by atoms with Crippen LogP contribution < -0.4 is 10.1 Å². The molecule has 0 spiro atoms. The van der Waals surface area contributed by atoms with E-state index in [9.17, 15) is 4.79 Å². The van der Waals surface area contributed by atoms with Crippen molar-refractivity contribution in [1.82, 2.24) is 20.1 Å². The predicted octanol–water partition coefficient (Wildman–Crippen LogP) is 4.20. The summed E-state index contributed by atoms with van der Waals surface area (Å²) >= 11 is 1.38. The van der Waals surface area contributed by atoms with Gasteiger partial charge in [-0.1, -0.05) is 55.9 Å². The summed E-state index contributed by atoms with van der Waals surface area (Å²) in [5, 5.41) is 12.5. The zero-order valence-corrected chi connectivity index (χ0v) is 17.9. The minimum Gasteiger partial charge on any atom is -0.497 e. The number of aromatic nitrogens is 3. The molecule has 0 saturated heterocycles. The Labute approximate surface area is 175 Å². The van der Waals surface area contributed by atoms with Gasteiger partial charge in [-0.05, 0) is 37.1 Å². The molecule has 0 aliphatic rings. The zero-order valence-electron chi connectivity index (χ0n) is 17.1. The van der Waals surface area contributed by atoms with Crippen LogP contribution in [0.3, 0.4) is 0 Å². The second kappa shape index (κ2) is 9.60. The van der Waals surface area contributed by atoms with E-state index in [2.05, 4.69) is 29.4 Å². The molecular formula is C22H26N4O2S. The highest BCUT2D eigenvalue weighted by Crippen LogP contribution is 2.29. The number of ether oxygens (including phenoxy) is 1. The normalized spacial score (nSPS) is 12.0. The molecule has 1 amide bonds. The Balaban J connectivity index is 1.90. The number of thioether (sulfide) groups is 1. The molecule has 29 heavy (non-hydrogen) atoms. The van der Waals surface area contributed by atoms with E-state index in [0.717, 1.165) is 17.0 Å². The van der Waals surface area contributed by atoms with E-state index >= 15 is 0 Å². The molecule has 0 fully saturated rings. The summed E-state index contributed by atoms with van der Waals surface area (Å²) in [5.74, 6) is 2.10. The predicted molar refractivity (Wildman–Crippen MR) is 117 cm³/mol. The van der Waals surface area contributed by atoms with Crippen molar-refractivity contribution in [2.75, 3.05) is 12.9 Å². The summed E-state index contributed by atoms with van der Waals surface area (Å²) in [7, 11) is 1.64. The van der Waals surface area contributed by atoms with E-state index in [1.807, 2.05) is 66.1 Å². The Kier molecular flexibility index (Phi) is 6.93. The maximum absolute atomic E-state index is 12.3. The lowest BCUT2D eigenvalue weighted by Crippen LogP contribution is -2.37. The summed E-state index contributed by atoms with van der Waals surface area (Å²) in [6.45, 7) is 6.19. The molecule has 0 saturated carbocycles. The van der Waals surface area contributed by atoms with E-state index in [1.165, 1.54) is 11.8 Å². The van der Waals surface area contributed by atoms with Crippen LogP contribution in [0, 0.1) is 5.92 Å². The topological polar surface area (TPSA) is 69.0 Å². The van der Waals surface area contributed by atoms with Crippen LogP contribution in [0.1, 0.15) is 20.8 Å². The van der Waals surface area contributed by atoms with Crippen LogP contribution in [-0.4, -0.2) is 39.6 Å². The first-order valence-electron chi connectivity index (χ1n) is 9.57. The van der Waals surface area contributed by atoms with Gasteiger partial charge in [0.05, 0.1) is 12.9 Å². The SMILES string of the molecule is COc1cccc(-c2nnc(SCC(=O)N[C@H](C)C(C)C)n2-c2ccccc2)c1. The molecule has 0 unspecified atom stereocenters. The Morgan fingerprint density at radius 3 is 2.55 bits per heavy atom. The fourth-order valence-corrected chi connectivity index (χ4v) is 3.48. The average Bonchev–Trinajstić information content (AvgIpc) is 3.16. The number of nitrogens with zero attached hydrogens (tertiary/aromatic N) is 3. The Bertz CT molecular complexity index is 956. The third-order valence-corrected chi connectivity index (χ3v) is 5.63. The highest BCUT2D eigenvalue weighted by atomic mass is 32.2. The van der Waals surface area contributed by atoms with Crippen molar-refractivity contribution >= 4 is 17.7 Å². The molecule has 7 heteroatoms. The molecule has 2 aromatic carbocycles. The monoisotopic (exact) mass is 410 g/mol. The second-order valence-corrected chi connectivity index (χ2v) is 8.04. The van der Waals surface area contributed by atoms with Crippen LogP contribution in [0.2, 0.25) is 0 Å². The van der Waals surface area contributed by atoms with Crippen LogP contribution in [0.4, 0.5) is 0 Å². The second-order valence-electron chi connectivity index (χ2n) is 7.10. The van der Waals surface area contributed by atoms with Crippen molar-refractivity contribution in [3.63, 3.8) is 0 Å². The minimum atomic E-state index is -0.0123. The number of nitrogens with one attached hydrogen (secondary N) is 1. The van der Waals surface area contributed by atoms with E-state index in [0.29, 0.717) is 16.9 Å². The third-order valence-electron chi connectivity index (χ3n) is 4.70. The molecule has 6 nitrogen and oxygen atoms in total. The number of methoxy groups -OCH3 is 1. The van der Waals surface area contributed by atoms with Crippen molar-refractivity contribution in [3.8, 4) is 22.8 Å². The summed E-state index contributed by atoms with van der Waals surface area (Å²) in [4.78, 5) is 12.3. The van der Waals surface area contributed by atoms with Crippen LogP contribution in [0.15, 0.2) is 59.8 Å². The fourth-order valence-electron chi connectivity index (χ4n) is 2.71. The molecule has 1 heterocycles. The Morgan fingerprint density at radius 2 is 1.86 bits per heavy atom. The zero-order chi connectivity index (χ0) is 20.8. The number of carbonyl (C=O) groups excluding carboxylic acids is 1. The third kappa shape index (κ3) is 5.17. The first-order valence-corrected chi connectivity index (χ1v) is 10.6. The van der Waals surface area contributed by atoms with Crippen molar-refractivity contribution in [1.29, 1.82) is 0 Å². The van der Waals surface area contributed by atoms with Crippen LogP contribution in [0.25, 0.3) is 17.1 Å². The van der Waals surface area contributed by atoms with Crippen LogP contribution >= 0.6 is 11.8 Å². The van der Waals surface area contributed by atoms with E-state index in [4.69, 9.17) is 4.74 Å². The molecule has 3 rings (SSSR count). The van der Waals surface area contributed by atoms with Gasteiger partial charge in [0.2, 0.25) is 5.91 Å². The van der Waals surface area contributed by atoms with Crippen molar-refractivity contribution in [3.05, 3.63) is 54.6 Å². The summed E-state index contributed by atoms with van der Waals surface area (Å²) in [6.07, 6.45) is 0. The van der Waals surface area contributed by atoms with Crippen molar-refractivity contribution in [2.24, 2.45) is 5.92 Å². The van der Waals surface area contributed by atoms with E-state index in [-0.39, 0.29) is 17.7 Å². The highest BCUT2D eigenvalue weighted by Gasteiger charge is 2.18. The maximum Gasteiger partial charge on any atom is 0.230 e. The molecule has 1 atom stereocenters. The summed E-state index contributed by atoms with van der Waals surface area (Å²) in [5.41, 5.74) is 1.83. The van der Waals surface area contributed by atoms with E-state index in [1.54, 1.807) is 7.11 Å². The fraction of sp³-hybridized carbons (Fsp3) is 0.318. The number of carbonyl (C=O) groups is 1. The maximum atomic E-state index is 12.3. The number of hydrogen-bond donors (Lipinski definition) is 1. The quantitative estimate of drug-likeness (QED) is 0.564.